The molecular formula is C15H17N3O2. The molecule has 2 aromatic rings. The number of rotatable bonds is 4. The number of ether oxygens (including phenoxy) is 1. The van der Waals surface area contributed by atoms with Crippen molar-refractivity contribution in [3.8, 4) is 0 Å². The number of carbonyl (C=O) groups is 1. The first kappa shape index (κ1) is 13.9. The third-order valence-corrected chi connectivity index (χ3v) is 2.66. The summed E-state index contributed by atoms with van der Waals surface area (Å²) in [5.74, 6) is 0.684. The molecule has 1 N–H and O–H groups in total. The predicted molar refractivity (Wildman–Crippen MR) is 78.8 cm³/mol. The maximum atomic E-state index is 11.8. The van der Waals surface area contributed by atoms with E-state index in [0.29, 0.717) is 11.5 Å². The highest BCUT2D eigenvalue weighted by molar-refractivity contribution is 5.88. The molecule has 104 valence electrons. The van der Waals surface area contributed by atoms with Gasteiger partial charge in [-0.05, 0) is 17.7 Å². The molecule has 0 aliphatic carbocycles. The fourth-order valence-corrected chi connectivity index (χ4v) is 1.72. The lowest BCUT2D eigenvalue weighted by atomic mass is 10.2. The van der Waals surface area contributed by atoms with Gasteiger partial charge in [-0.2, -0.15) is 0 Å². The predicted octanol–water partition coefficient (Wildman–Crippen LogP) is 2.90. The minimum atomic E-state index is -0.495. The highest BCUT2D eigenvalue weighted by atomic mass is 16.5. The van der Waals surface area contributed by atoms with E-state index in [1.165, 1.54) is 0 Å². The van der Waals surface area contributed by atoms with E-state index in [4.69, 9.17) is 4.74 Å². The van der Waals surface area contributed by atoms with Crippen molar-refractivity contribution in [3.05, 3.63) is 54.2 Å². The molecule has 20 heavy (non-hydrogen) atoms. The van der Waals surface area contributed by atoms with Crippen molar-refractivity contribution in [1.29, 1.82) is 0 Å². The zero-order valence-corrected chi connectivity index (χ0v) is 11.5. The number of hydrogen-bond donors (Lipinski definition) is 1. The van der Waals surface area contributed by atoms with Crippen LogP contribution in [0.2, 0.25) is 0 Å². The average Bonchev–Trinajstić information content (AvgIpc) is 2.46. The summed E-state index contributed by atoms with van der Waals surface area (Å²) < 4.78 is 5.17. The number of aromatic nitrogens is 1. The SMILES string of the molecule is CN(C)c1ncccc1NC(=O)OCc1ccccc1. The number of nitrogens with one attached hydrogen (secondary N) is 1. The molecule has 1 amide bonds. The Bertz CT molecular complexity index is 570. The summed E-state index contributed by atoms with van der Waals surface area (Å²) in [7, 11) is 3.73. The maximum Gasteiger partial charge on any atom is 0.412 e. The average molecular weight is 271 g/mol. The van der Waals surface area contributed by atoms with Gasteiger partial charge in [-0.15, -0.1) is 0 Å². The van der Waals surface area contributed by atoms with E-state index in [1.54, 1.807) is 18.3 Å². The molecule has 0 saturated heterocycles. The van der Waals surface area contributed by atoms with E-state index < -0.39 is 6.09 Å². The van der Waals surface area contributed by atoms with Gasteiger partial charge in [0.15, 0.2) is 5.82 Å². The summed E-state index contributed by atoms with van der Waals surface area (Å²) in [5, 5.41) is 2.70. The lowest BCUT2D eigenvalue weighted by molar-refractivity contribution is 0.155. The first-order valence-electron chi connectivity index (χ1n) is 6.27. The van der Waals surface area contributed by atoms with Gasteiger partial charge in [0.25, 0.3) is 0 Å². The van der Waals surface area contributed by atoms with Crippen LogP contribution in [0.5, 0.6) is 0 Å². The minimum Gasteiger partial charge on any atom is -0.444 e. The lowest BCUT2D eigenvalue weighted by Gasteiger charge is -2.16. The Labute approximate surface area is 118 Å². The van der Waals surface area contributed by atoms with Gasteiger partial charge >= 0.3 is 6.09 Å². The molecule has 5 heteroatoms. The fraction of sp³-hybridized carbons (Fsp3) is 0.200. The van der Waals surface area contributed by atoms with Crippen LogP contribution in [0.1, 0.15) is 5.56 Å². The molecule has 0 unspecified atom stereocenters. The molecule has 0 bridgehead atoms. The molecule has 5 nitrogen and oxygen atoms in total. The van der Waals surface area contributed by atoms with Crippen LogP contribution in [0.4, 0.5) is 16.3 Å². The van der Waals surface area contributed by atoms with Crippen LogP contribution in [0.15, 0.2) is 48.7 Å². The summed E-state index contributed by atoms with van der Waals surface area (Å²) in [6.45, 7) is 0.240. The molecule has 0 radical (unpaired) electrons. The van der Waals surface area contributed by atoms with Gasteiger partial charge in [-0.25, -0.2) is 9.78 Å². The monoisotopic (exact) mass is 271 g/mol. The number of carbonyl (C=O) groups excluding carboxylic acids is 1. The summed E-state index contributed by atoms with van der Waals surface area (Å²) in [5.41, 5.74) is 1.57. The molecule has 1 aromatic heterocycles. The quantitative estimate of drug-likeness (QED) is 0.929. The zero-order chi connectivity index (χ0) is 14.4. The Hall–Kier alpha value is -2.56. The van der Waals surface area contributed by atoms with Gasteiger partial charge in [-0.1, -0.05) is 30.3 Å². The van der Waals surface area contributed by atoms with Crippen molar-refractivity contribution in [2.45, 2.75) is 6.61 Å². The first-order valence-corrected chi connectivity index (χ1v) is 6.27. The van der Waals surface area contributed by atoms with E-state index in [9.17, 15) is 4.79 Å². The van der Waals surface area contributed by atoms with Gasteiger partial charge in [0.2, 0.25) is 0 Å². The third-order valence-electron chi connectivity index (χ3n) is 2.66. The molecule has 0 aliphatic heterocycles. The largest absolute Gasteiger partial charge is 0.444 e. The van der Waals surface area contributed by atoms with E-state index in [0.717, 1.165) is 5.56 Å². The second-order valence-corrected chi connectivity index (χ2v) is 4.46. The van der Waals surface area contributed by atoms with Crippen LogP contribution in [0, 0.1) is 0 Å². The Morgan fingerprint density at radius 2 is 1.95 bits per heavy atom. The molecule has 0 aliphatic rings. The van der Waals surface area contributed by atoms with Gasteiger partial charge < -0.3 is 9.64 Å². The Kier molecular flexibility index (Phi) is 4.55. The normalized spacial score (nSPS) is 9.90. The van der Waals surface area contributed by atoms with Gasteiger partial charge in [0.05, 0.1) is 5.69 Å². The number of hydrogen-bond acceptors (Lipinski definition) is 4. The van der Waals surface area contributed by atoms with Crippen LogP contribution in [-0.4, -0.2) is 25.2 Å². The highest BCUT2D eigenvalue weighted by Crippen LogP contribution is 2.20. The third kappa shape index (κ3) is 3.71. The summed E-state index contributed by atoms with van der Waals surface area (Å²) >= 11 is 0. The molecule has 1 aromatic carbocycles. The summed E-state index contributed by atoms with van der Waals surface area (Å²) in [6, 6.07) is 13.1. The van der Waals surface area contributed by atoms with Crippen molar-refractivity contribution in [3.63, 3.8) is 0 Å². The number of nitrogens with zero attached hydrogens (tertiary/aromatic N) is 2. The van der Waals surface area contributed by atoms with Gasteiger partial charge in [0.1, 0.15) is 6.61 Å². The summed E-state index contributed by atoms with van der Waals surface area (Å²) in [6.07, 6.45) is 1.18. The standard InChI is InChI=1S/C15H17N3O2/c1-18(2)14-13(9-6-10-16-14)17-15(19)20-11-12-7-4-3-5-8-12/h3-10H,11H2,1-2H3,(H,17,19). The number of benzene rings is 1. The Balaban J connectivity index is 1.95. The highest BCUT2D eigenvalue weighted by Gasteiger charge is 2.09. The van der Waals surface area contributed by atoms with Crippen molar-refractivity contribution in [2.24, 2.45) is 0 Å². The number of amides is 1. The zero-order valence-electron chi connectivity index (χ0n) is 11.5. The van der Waals surface area contributed by atoms with Crippen LogP contribution in [-0.2, 0) is 11.3 Å². The van der Waals surface area contributed by atoms with Crippen molar-refractivity contribution in [1.82, 2.24) is 4.98 Å². The van der Waals surface area contributed by atoms with E-state index in [-0.39, 0.29) is 6.61 Å². The molecule has 1 heterocycles. The molecule has 0 saturated carbocycles. The minimum absolute atomic E-state index is 0.240. The second kappa shape index (κ2) is 6.56. The van der Waals surface area contributed by atoms with Crippen LogP contribution in [0.25, 0.3) is 0 Å². The molecule has 0 spiro atoms. The smallest absolute Gasteiger partial charge is 0.412 e. The summed E-state index contributed by atoms with van der Waals surface area (Å²) in [4.78, 5) is 17.8. The Morgan fingerprint density at radius 1 is 1.20 bits per heavy atom. The first-order chi connectivity index (χ1) is 9.66. The maximum absolute atomic E-state index is 11.8. The molecular weight excluding hydrogens is 254 g/mol. The second-order valence-electron chi connectivity index (χ2n) is 4.46. The van der Waals surface area contributed by atoms with Crippen LogP contribution in [0.3, 0.4) is 0 Å². The van der Waals surface area contributed by atoms with Crippen molar-refractivity contribution in [2.75, 3.05) is 24.3 Å². The van der Waals surface area contributed by atoms with Gasteiger partial charge in [0, 0.05) is 20.3 Å². The topological polar surface area (TPSA) is 54.5 Å². The number of pyridine rings is 1. The Morgan fingerprint density at radius 3 is 2.65 bits per heavy atom. The number of anilines is 2. The van der Waals surface area contributed by atoms with E-state index >= 15 is 0 Å². The van der Waals surface area contributed by atoms with Gasteiger partial charge in [-0.3, -0.25) is 5.32 Å². The van der Waals surface area contributed by atoms with Crippen LogP contribution >= 0.6 is 0 Å². The van der Waals surface area contributed by atoms with Crippen molar-refractivity contribution >= 4 is 17.6 Å². The fourth-order valence-electron chi connectivity index (χ4n) is 1.72. The van der Waals surface area contributed by atoms with E-state index in [1.807, 2.05) is 49.3 Å². The van der Waals surface area contributed by atoms with Crippen LogP contribution < -0.4 is 10.2 Å². The van der Waals surface area contributed by atoms with E-state index in [2.05, 4.69) is 10.3 Å². The van der Waals surface area contributed by atoms with Crippen molar-refractivity contribution < 1.29 is 9.53 Å². The molecule has 0 fully saturated rings. The lowest BCUT2D eigenvalue weighted by Crippen LogP contribution is -2.18. The molecule has 0 atom stereocenters. The molecule has 2 rings (SSSR count).